The molecule has 2 saturated carbocycles. The molecule has 6 nitrogen and oxygen atoms in total. The predicted octanol–water partition coefficient (Wildman–Crippen LogP) is 16.1. The molecule has 15 heteroatoms. The van der Waals surface area contributed by atoms with Crippen molar-refractivity contribution < 1.29 is 33.5 Å². The van der Waals surface area contributed by atoms with Crippen LogP contribution in [-0.4, -0.2) is 41.9 Å². The number of carbonyl (C=O) groups is 3. The Morgan fingerprint density at radius 3 is 1.42 bits per heavy atom. The first-order valence-corrected chi connectivity index (χ1v) is 46.5. The van der Waals surface area contributed by atoms with Gasteiger partial charge in [0, 0.05) is 58.4 Å². The molecule has 3 heterocycles. The summed E-state index contributed by atoms with van der Waals surface area (Å²) in [5.41, 5.74) is 4.88. The van der Waals surface area contributed by atoms with Crippen molar-refractivity contribution in [2.45, 2.75) is 163 Å². The molecule has 4 aliphatic carbocycles. The van der Waals surface area contributed by atoms with Gasteiger partial charge in [0.2, 0.25) is 11.8 Å². The Morgan fingerprint density at radius 2 is 1.09 bits per heavy atom. The molecule has 0 bridgehead atoms. The van der Waals surface area contributed by atoms with Crippen LogP contribution < -0.4 is 9.80 Å². The van der Waals surface area contributed by atoms with Crippen molar-refractivity contribution in [2.75, 3.05) is 16.4 Å². The Balaban J connectivity index is 0.000000245. The van der Waals surface area contributed by atoms with Gasteiger partial charge in [-0.05, 0) is 145 Å². The molecule has 1 aliphatic heterocycles. The van der Waals surface area contributed by atoms with Crippen LogP contribution in [0.1, 0.15) is 155 Å². The fourth-order valence-corrected chi connectivity index (χ4v) is 9.76. The third-order valence-corrected chi connectivity index (χ3v) is 13.6. The van der Waals surface area contributed by atoms with Gasteiger partial charge in [-0.25, -0.2) is 0 Å². The van der Waals surface area contributed by atoms with E-state index in [1.165, 1.54) is 11.1 Å². The summed E-state index contributed by atoms with van der Waals surface area (Å²) in [5, 5.41) is 4.19. The summed E-state index contributed by atoms with van der Waals surface area (Å²) < 4.78 is 5.70. The van der Waals surface area contributed by atoms with Crippen LogP contribution >= 0.6 is 123 Å². The first-order valence-electron chi connectivity index (χ1n) is 22.2. The standard InChI is InChI=1S/C25H33NO2S.C24H31NO2S.5HI.2V/c1-18-5-7-19(8-6-18)23(27)26(20-9-13-25(14-10-20)17-28-25)21-15-22(29-16-21)11-12-24(2,3)4;1-17-5-7-18(8-6-17)23(27)25(19-9-11-21(26)12-10-19)20-15-22(28-16-20)13-14-24(2,3)4;;;;;;;/h5,15-16,19-20H,6-10,13-14,17H2,1-4H3;5,15-16,18-19H,6-12H2,1-4H3;5*1H;;/q;;;;;;;+2;+3/p-5/t19-,20?,25?;18-;;;;;;;/m00......./s1. The number of hydrogen-bond donors (Lipinski definition) is 0. The number of thiophene rings is 2. The zero-order chi connectivity index (χ0) is 47.2. The van der Waals surface area contributed by atoms with E-state index in [1.54, 1.807) is 22.7 Å². The molecule has 7 rings (SSSR count). The molecule has 351 valence electrons. The average Bonchev–Trinajstić information content (AvgIpc) is 3.56. The van der Waals surface area contributed by atoms with Crippen molar-refractivity contribution in [3.8, 4) is 23.7 Å². The van der Waals surface area contributed by atoms with Gasteiger partial charge in [-0.15, -0.1) is 22.7 Å². The van der Waals surface area contributed by atoms with E-state index in [-0.39, 0.29) is 51.2 Å². The molecule has 0 N–H and O–H groups in total. The van der Waals surface area contributed by atoms with Gasteiger partial charge in [-0.2, -0.15) is 0 Å². The average molecular weight is 1550 g/mol. The molecule has 5 aliphatic rings. The molecule has 0 aromatic carbocycles. The number of Topliss-reactive ketones (excluding diaryl/α,β-unsaturated/α-hetero) is 1. The topological polar surface area (TPSA) is 70.2 Å². The number of ether oxygens (including phenoxy) is 1. The Labute approximate surface area is 459 Å². The van der Waals surface area contributed by atoms with E-state index in [9.17, 15) is 14.4 Å². The van der Waals surface area contributed by atoms with Crippen LogP contribution in [0.2, 0.25) is 0 Å². The second kappa shape index (κ2) is 27.8. The first-order chi connectivity index (χ1) is 30.1. The number of rotatable bonds is 6. The van der Waals surface area contributed by atoms with Crippen LogP contribution in [0.15, 0.2) is 46.2 Å². The van der Waals surface area contributed by atoms with Crippen LogP contribution in [0.3, 0.4) is 0 Å². The predicted molar refractivity (Wildman–Crippen MR) is 307 cm³/mol. The molecule has 2 aromatic heterocycles. The zero-order valence-electron chi connectivity index (χ0n) is 38.5. The second-order valence-electron chi connectivity index (χ2n) is 19.5. The summed E-state index contributed by atoms with van der Waals surface area (Å²) in [4.78, 5) is 44.8. The number of epoxide rings is 1. The second-order valence-corrected chi connectivity index (χ2v) is 68.5. The molecule has 2 atom stereocenters. The molecule has 0 radical (unpaired) electrons. The number of nitrogens with zero attached hydrogens (tertiary/aromatic N) is 2. The Bertz CT molecular complexity index is 2060. The quantitative estimate of drug-likeness (QED) is 0.125. The first kappa shape index (κ1) is 58.0. The van der Waals surface area contributed by atoms with Crippen molar-refractivity contribution in [3.05, 3.63) is 55.9 Å². The fraction of sp³-hybridized carbons (Fsp3) is 0.612. The van der Waals surface area contributed by atoms with Crippen molar-refractivity contribution in [3.63, 3.8) is 0 Å². The fourth-order valence-electron chi connectivity index (χ4n) is 8.30. The Morgan fingerprint density at radius 1 is 0.719 bits per heavy atom. The van der Waals surface area contributed by atoms with E-state index < -0.39 is 0 Å². The number of allylic oxidation sites excluding steroid dienone is 4. The maximum absolute atomic E-state index is 13.6. The SMILES string of the molecule is CC1=CC[C@H](C(=O)N(c2csc(C#CC(C)(C)C)c2)C2CCC(=O)CC2)CC1.CC1=CC[C@H](C(=O)N(c2csc(C#CC(C)(C)C)c2)C2CCC3(CC2)CO3)CC1.[I][V]([I])[I].[I][V][I]. The van der Waals surface area contributed by atoms with Crippen LogP contribution in [-0.2, 0) is 33.5 Å². The minimum absolute atomic E-state index is 0.0199. The molecule has 1 saturated heterocycles. The van der Waals surface area contributed by atoms with Crippen LogP contribution in [0.4, 0.5) is 11.4 Å². The van der Waals surface area contributed by atoms with E-state index >= 15 is 0 Å². The molecule has 2 aromatic rings. The van der Waals surface area contributed by atoms with E-state index in [2.05, 4.69) is 219 Å². The summed E-state index contributed by atoms with van der Waals surface area (Å²) in [6.07, 6.45) is 17.0. The molecule has 2 amide bonds. The Hall–Kier alpha value is 1.39. The number of carbonyl (C=O) groups excluding carboxylic acids is 3. The monoisotopic (exact) mass is 1540 g/mol. The van der Waals surface area contributed by atoms with Crippen molar-refractivity contribution >= 4 is 152 Å². The van der Waals surface area contributed by atoms with Gasteiger partial charge in [0.1, 0.15) is 5.78 Å². The summed E-state index contributed by atoms with van der Waals surface area (Å²) >= 11 is 15.4. The van der Waals surface area contributed by atoms with Gasteiger partial charge in [-0.1, -0.05) is 47.0 Å². The summed E-state index contributed by atoms with van der Waals surface area (Å²) in [5.74, 6) is 14.2. The van der Waals surface area contributed by atoms with Gasteiger partial charge in [0.15, 0.2) is 0 Å². The molecule has 1 spiro atoms. The number of ketones is 1. The number of amides is 2. The summed E-state index contributed by atoms with van der Waals surface area (Å²) in [6.45, 7) is 17.9. The van der Waals surface area contributed by atoms with Gasteiger partial charge in [0.05, 0.1) is 33.3 Å². The van der Waals surface area contributed by atoms with Crippen molar-refractivity contribution in [1.29, 1.82) is 0 Å². The van der Waals surface area contributed by atoms with Gasteiger partial charge in [-0.3, -0.25) is 14.4 Å². The van der Waals surface area contributed by atoms with E-state index in [4.69, 9.17) is 4.74 Å². The van der Waals surface area contributed by atoms with Gasteiger partial charge in [0.25, 0.3) is 0 Å². The number of anilines is 2. The number of halogens is 5. The van der Waals surface area contributed by atoms with E-state index in [0.717, 1.165) is 105 Å². The summed E-state index contributed by atoms with van der Waals surface area (Å²) in [6, 6.07) is 4.59. The van der Waals surface area contributed by atoms with Crippen LogP contribution in [0, 0.1) is 46.3 Å². The third kappa shape index (κ3) is 20.2. The number of hydrogen-bond acceptors (Lipinski definition) is 6. The molecular formula is C49H64I5N2O4S2V2. The molecular weight excluding hydrogens is 1480 g/mol. The minimum atomic E-state index is -0.278. The molecule has 0 unspecified atom stereocenters. The van der Waals surface area contributed by atoms with Crippen LogP contribution in [0.5, 0.6) is 0 Å². The summed E-state index contributed by atoms with van der Waals surface area (Å²) in [7, 11) is 0.628. The normalized spacial score (nSPS) is 23.1. The van der Waals surface area contributed by atoms with E-state index in [0.29, 0.717) is 34.0 Å². The molecule has 3 fully saturated rings. The van der Waals surface area contributed by atoms with Crippen LogP contribution in [0.25, 0.3) is 0 Å². The maximum atomic E-state index is 13.6. The molecule has 64 heavy (non-hydrogen) atoms. The Kier molecular flexibility index (Phi) is 25.2. The van der Waals surface area contributed by atoms with Crippen molar-refractivity contribution in [2.24, 2.45) is 22.7 Å². The third-order valence-electron chi connectivity index (χ3n) is 12.0. The van der Waals surface area contributed by atoms with Gasteiger partial charge < -0.3 is 14.5 Å². The zero-order valence-corrected chi connectivity index (χ0v) is 53.7. The van der Waals surface area contributed by atoms with E-state index in [1.807, 2.05) is 4.90 Å². The van der Waals surface area contributed by atoms with Crippen molar-refractivity contribution in [1.82, 2.24) is 0 Å². The van der Waals surface area contributed by atoms with Gasteiger partial charge >= 0.3 is 114 Å².